The number of anilines is 1. The second kappa shape index (κ2) is 13.1. The number of rotatable bonds is 13. The Morgan fingerprint density at radius 2 is 1.59 bits per heavy atom. The Kier molecular flexibility index (Phi) is 9.64. The summed E-state index contributed by atoms with van der Waals surface area (Å²) in [5.41, 5.74) is 2.75. The van der Waals surface area contributed by atoms with E-state index in [0.29, 0.717) is 17.9 Å². The third-order valence-corrected chi connectivity index (χ3v) is 11.5. The fourth-order valence-electron chi connectivity index (χ4n) is 8.39. The second-order valence-electron chi connectivity index (χ2n) is 13.6. The number of benzene rings is 2. The average Bonchev–Trinajstić information content (AvgIpc) is 2.98. The second-order valence-corrected chi connectivity index (χ2v) is 15.5. The summed E-state index contributed by atoms with van der Waals surface area (Å²) in [6.45, 7) is 5.53. The highest BCUT2D eigenvalue weighted by atomic mass is 32.2. The zero-order chi connectivity index (χ0) is 31.6. The summed E-state index contributed by atoms with van der Waals surface area (Å²) in [7, 11) is -2.22. The zero-order valence-electron chi connectivity index (χ0n) is 26.9. The van der Waals surface area contributed by atoms with Crippen molar-refractivity contribution >= 4 is 27.5 Å². The van der Waals surface area contributed by atoms with Crippen molar-refractivity contribution in [1.29, 1.82) is 0 Å². The Morgan fingerprint density at radius 1 is 0.977 bits per heavy atom. The molecule has 2 aromatic carbocycles. The summed E-state index contributed by atoms with van der Waals surface area (Å²) >= 11 is 0. The van der Waals surface area contributed by atoms with E-state index in [4.69, 9.17) is 4.74 Å². The Morgan fingerprint density at radius 3 is 2.11 bits per heavy atom. The molecule has 1 N–H and O–H groups in total. The predicted molar refractivity (Wildman–Crippen MR) is 174 cm³/mol. The van der Waals surface area contributed by atoms with Crippen LogP contribution in [-0.4, -0.2) is 57.1 Å². The largest absolute Gasteiger partial charge is 0.497 e. The van der Waals surface area contributed by atoms with Gasteiger partial charge >= 0.3 is 0 Å². The van der Waals surface area contributed by atoms with E-state index in [0.717, 1.165) is 36.0 Å². The fourth-order valence-corrected chi connectivity index (χ4v) is 9.24. The Hall–Kier alpha value is -3.07. The molecule has 4 fully saturated rings. The van der Waals surface area contributed by atoms with Crippen LogP contribution in [-0.2, 0) is 31.6 Å². The molecule has 4 bridgehead atoms. The molecule has 8 nitrogen and oxygen atoms in total. The number of amides is 2. The van der Waals surface area contributed by atoms with Crippen LogP contribution in [0.15, 0.2) is 48.5 Å². The predicted octanol–water partition coefficient (Wildman–Crippen LogP) is 5.65. The molecule has 4 aliphatic rings. The van der Waals surface area contributed by atoms with Gasteiger partial charge in [0.1, 0.15) is 18.3 Å². The number of carbonyl (C=O) groups is 2. The molecule has 4 saturated carbocycles. The first-order valence-electron chi connectivity index (χ1n) is 16.3. The maximum Gasteiger partial charge on any atom is 0.244 e. The summed E-state index contributed by atoms with van der Waals surface area (Å²) in [6.07, 6.45) is 10.0. The van der Waals surface area contributed by atoms with Gasteiger partial charge in [0, 0.05) is 12.6 Å². The summed E-state index contributed by atoms with van der Waals surface area (Å²) in [5.74, 6) is 2.39. The first kappa shape index (κ1) is 32.3. The van der Waals surface area contributed by atoms with Crippen LogP contribution in [0.25, 0.3) is 0 Å². The van der Waals surface area contributed by atoms with Crippen LogP contribution in [0.3, 0.4) is 0 Å². The van der Waals surface area contributed by atoms with Crippen molar-refractivity contribution < 1.29 is 22.7 Å². The molecule has 9 heteroatoms. The third-order valence-electron chi connectivity index (χ3n) is 10.4. The van der Waals surface area contributed by atoms with Crippen molar-refractivity contribution in [2.75, 3.05) is 24.2 Å². The summed E-state index contributed by atoms with van der Waals surface area (Å²) in [4.78, 5) is 29.0. The van der Waals surface area contributed by atoms with Gasteiger partial charge in [-0.1, -0.05) is 38.1 Å². The van der Waals surface area contributed by atoms with Crippen LogP contribution < -0.4 is 14.4 Å². The van der Waals surface area contributed by atoms with E-state index >= 15 is 0 Å². The van der Waals surface area contributed by atoms with Gasteiger partial charge in [-0.15, -0.1) is 0 Å². The maximum absolute atomic E-state index is 14.1. The summed E-state index contributed by atoms with van der Waals surface area (Å²) < 4.78 is 32.9. The lowest BCUT2D eigenvalue weighted by Gasteiger charge is -2.57. The molecule has 0 aliphatic heterocycles. The molecule has 44 heavy (non-hydrogen) atoms. The standard InChI is InChI=1S/C35H49N3O5S/c1-6-24(3)36-34(40)32(7-2)37(22-25-9-8-10-31(18-25)43-4)33(39)23-38(44(5,41)42)30-13-11-29(12-14-30)35-19-26-15-27(20-35)17-28(16-26)21-35/h8-14,18,24,26-28,32H,6-7,15-17,19-23H2,1-5H3,(H,36,40)/t24-,26?,27?,28?,32+,35?/m0/s1. The SMILES string of the molecule is CC[C@H](C(=O)N[C@@H](C)CC)N(Cc1cccc(OC)c1)C(=O)CN(c1ccc(C23CC4CC(CC(C4)C2)C3)cc1)S(C)(=O)=O. The van der Waals surface area contributed by atoms with Crippen molar-refractivity contribution in [2.24, 2.45) is 17.8 Å². The minimum absolute atomic E-state index is 0.0506. The van der Waals surface area contributed by atoms with Crippen molar-refractivity contribution in [3.63, 3.8) is 0 Å². The first-order chi connectivity index (χ1) is 20.9. The van der Waals surface area contributed by atoms with Gasteiger partial charge in [0.15, 0.2) is 0 Å². The van der Waals surface area contributed by atoms with Crippen molar-refractivity contribution in [3.8, 4) is 5.75 Å². The van der Waals surface area contributed by atoms with E-state index in [2.05, 4.69) is 17.4 Å². The highest BCUT2D eigenvalue weighted by Gasteiger charge is 2.51. The molecular weight excluding hydrogens is 574 g/mol. The zero-order valence-corrected chi connectivity index (χ0v) is 27.7. The number of nitrogens with one attached hydrogen (secondary N) is 1. The molecule has 240 valence electrons. The topological polar surface area (TPSA) is 96.0 Å². The highest BCUT2D eigenvalue weighted by Crippen LogP contribution is 2.60. The lowest BCUT2D eigenvalue weighted by Crippen LogP contribution is -2.53. The number of carbonyl (C=O) groups excluding carboxylic acids is 2. The van der Waals surface area contributed by atoms with E-state index in [1.54, 1.807) is 7.11 Å². The van der Waals surface area contributed by atoms with Gasteiger partial charge in [-0.3, -0.25) is 13.9 Å². The van der Waals surface area contributed by atoms with E-state index in [-0.39, 0.29) is 23.9 Å². The number of hydrogen-bond acceptors (Lipinski definition) is 5. The fraction of sp³-hybridized carbons (Fsp3) is 0.600. The van der Waals surface area contributed by atoms with E-state index in [1.807, 2.05) is 57.2 Å². The Labute approximate surface area is 263 Å². The quantitative estimate of drug-likeness (QED) is 0.311. The Balaban J connectivity index is 1.41. The van der Waals surface area contributed by atoms with Gasteiger partial charge < -0.3 is 15.0 Å². The van der Waals surface area contributed by atoms with Crippen molar-refractivity contribution in [2.45, 2.75) is 96.2 Å². The van der Waals surface area contributed by atoms with Gasteiger partial charge in [0.25, 0.3) is 0 Å². The smallest absolute Gasteiger partial charge is 0.244 e. The number of hydrogen-bond donors (Lipinski definition) is 1. The summed E-state index contributed by atoms with van der Waals surface area (Å²) in [5, 5.41) is 3.01. The molecule has 2 amide bonds. The molecule has 0 heterocycles. The molecule has 0 aromatic heterocycles. The van der Waals surface area contributed by atoms with Gasteiger partial charge in [-0.25, -0.2) is 8.42 Å². The minimum Gasteiger partial charge on any atom is -0.497 e. The van der Waals surface area contributed by atoms with E-state index < -0.39 is 28.5 Å². The molecule has 4 aliphatic carbocycles. The van der Waals surface area contributed by atoms with Crippen LogP contribution in [0.5, 0.6) is 5.75 Å². The summed E-state index contributed by atoms with van der Waals surface area (Å²) in [6, 6.07) is 14.5. The molecule has 0 radical (unpaired) electrons. The average molecular weight is 624 g/mol. The molecule has 0 saturated heterocycles. The van der Waals surface area contributed by atoms with Crippen LogP contribution in [0.4, 0.5) is 5.69 Å². The van der Waals surface area contributed by atoms with Gasteiger partial charge in [0.05, 0.1) is 19.1 Å². The van der Waals surface area contributed by atoms with Crippen LogP contribution in [0.1, 0.15) is 83.3 Å². The lowest BCUT2D eigenvalue weighted by atomic mass is 9.48. The van der Waals surface area contributed by atoms with Gasteiger partial charge in [-0.05, 0) is 117 Å². The molecule has 2 atom stereocenters. The van der Waals surface area contributed by atoms with Crippen molar-refractivity contribution in [3.05, 3.63) is 59.7 Å². The normalized spacial score (nSPS) is 25.2. The third kappa shape index (κ3) is 6.93. The molecular formula is C35H49N3O5S. The monoisotopic (exact) mass is 623 g/mol. The van der Waals surface area contributed by atoms with E-state index in [1.165, 1.54) is 53.3 Å². The van der Waals surface area contributed by atoms with Crippen LogP contribution in [0, 0.1) is 17.8 Å². The number of methoxy groups -OCH3 is 1. The van der Waals surface area contributed by atoms with Gasteiger partial charge in [0.2, 0.25) is 21.8 Å². The number of ether oxygens (including phenoxy) is 1. The molecule has 2 aromatic rings. The lowest BCUT2D eigenvalue weighted by molar-refractivity contribution is -0.140. The first-order valence-corrected chi connectivity index (χ1v) is 18.1. The van der Waals surface area contributed by atoms with E-state index in [9.17, 15) is 18.0 Å². The number of sulfonamides is 1. The van der Waals surface area contributed by atoms with Crippen molar-refractivity contribution in [1.82, 2.24) is 10.2 Å². The molecule has 0 unspecified atom stereocenters. The Bertz CT molecular complexity index is 1410. The van der Waals surface area contributed by atoms with Gasteiger partial charge in [-0.2, -0.15) is 0 Å². The van der Waals surface area contributed by atoms with Crippen LogP contribution >= 0.6 is 0 Å². The minimum atomic E-state index is -3.80. The molecule has 0 spiro atoms. The van der Waals surface area contributed by atoms with Crippen LogP contribution in [0.2, 0.25) is 0 Å². The maximum atomic E-state index is 14.1. The highest BCUT2D eigenvalue weighted by molar-refractivity contribution is 7.92. The number of nitrogens with zero attached hydrogens (tertiary/aromatic N) is 2. The molecule has 6 rings (SSSR count).